The predicted molar refractivity (Wildman–Crippen MR) is 77.0 cm³/mol. The van der Waals surface area contributed by atoms with Crippen molar-refractivity contribution in [1.29, 1.82) is 0 Å². The van der Waals surface area contributed by atoms with Gasteiger partial charge in [-0.25, -0.2) is 4.39 Å². The second-order valence-electron chi connectivity index (χ2n) is 4.74. The maximum Gasteiger partial charge on any atom is 0.263 e. The summed E-state index contributed by atoms with van der Waals surface area (Å²) >= 11 is 0. The molecule has 2 unspecified atom stereocenters. The molecule has 0 heterocycles. The Morgan fingerprint density at radius 1 is 1.35 bits per heavy atom. The van der Waals surface area contributed by atoms with Crippen LogP contribution in [0.1, 0.15) is 39.3 Å². The van der Waals surface area contributed by atoms with Gasteiger partial charge in [0, 0.05) is 30.8 Å². The summed E-state index contributed by atoms with van der Waals surface area (Å²) in [4.78, 5) is 13.8. The number of hydrogen-bond acceptors (Lipinski definition) is 3. The van der Waals surface area contributed by atoms with E-state index in [2.05, 4.69) is 0 Å². The van der Waals surface area contributed by atoms with Crippen molar-refractivity contribution in [1.82, 2.24) is 4.90 Å². The van der Waals surface area contributed by atoms with Crippen molar-refractivity contribution < 1.29 is 13.9 Å². The molecule has 1 aromatic rings. The van der Waals surface area contributed by atoms with Gasteiger partial charge >= 0.3 is 0 Å². The molecule has 112 valence electrons. The van der Waals surface area contributed by atoms with Gasteiger partial charge in [0.1, 0.15) is 11.6 Å². The second kappa shape index (κ2) is 7.24. The molecule has 1 amide bonds. The minimum atomic E-state index is -0.672. The highest BCUT2D eigenvalue weighted by Crippen LogP contribution is 2.26. The zero-order valence-electron chi connectivity index (χ0n) is 12.5. The van der Waals surface area contributed by atoms with Crippen LogP contribution in [0.3, 0.4) is 0 Å². The standard InChI is InChI=1S/C15H23FN2O2/c1-5-18(6-2)15(19)11(4)20-14-9-12(16)7-8-13(14)10(3)17/h7-11H,5-6,17H2,1-4H3. The number of rotatable bonds is 6. The Balaban J connectivity index is 2.92. The van der Waals surface area contributed by atoms with Crippen molar-refractivity contribution in [2.24, 2.45) is 5.73 Å². The maximum absolute atomic E-state index is 13.3. The van der Waals surface area contributed by atoms with Crippen LogP contribution in [-0.2, 0) is 4.79 Å². The van der Waals surface area contributed by atoms with Gasteiger partial charge in [-0.1, -0.05) is 6.07 Å². The fourth-order valence-electron chi connectivity index (χ4n) is 2.02. The van der Waals surface area contributed by atoms with Gasteiger partial charge in [0.05, 0.1) is 0 Å². The van der Waals surface area contributed by atoms with Crippen molar-refractivity contribution >= 4 is 5.91 Å². The third-order valence-electron chi connectivity index (χ3n) is 3.19. The summed E-state index contributed by atoms with van der Waals surface area (Å²) in [6.45, 7) is 8.50. The van der Waals surface area contributed by atoms with Crippen molar-refractivity contribution in [2.45, 2.75) is 39.8 Å². The highest BCUT2D eigenvalue weighted by atomic mass is 19.1. The van der Waals surface area contributed by atoms with Crippen molar-refractivity contribution in [3.05, 3.63) is 29.6 Å². The van der Waals surface area contributed by atoms with E-state index in [1.807, 2.05) is 13.8 Å². The second-order valence-corrected chi connectivity index (χ2v) is 4.74. The predicted octanol–water partition coefficient (Wildman–Crippen LogP) is 2.48. The maximum atomic E-state index is 13.3. The molecule has 0 saturated carbocycles. The number of amides is 1. The van der Waals surface area contributed by atoms with Crippen LogP contribution in [0.15, 0.2) is 18.2 Å². The van der Waals surface area contributed by atoms with E-state index in [0.29, 0.717) is 24.4 Å². The van der Waals surface area contributed by atoms with E-state index in [9.17, 15) is 9.18 Å². The van der Waals surface area contributed by atoms with E-state index < -0.39 is 11.9 Å². The summed E-state index contributed by atoms with van der Waals surface area (Å²) < 4.78 is 19.0. The largest absolute Gasteiger partial charge is 0.480 e. The summed E-state index contributed by atoms with van der Waals surface area (Å²) in [5, 5.41) is 0. The normalized spacial score (nSPS) is 13.7. The Hall–Kier alpha value is -1.62. The molecular weight excluding hydrogens is 259 g/mol. The molecule has 1 rings (SSSR count). The van der Waals surface area contributed by atoms with Gasteiger partial charge < -0.3 is 15.4 Å². The molecular formula is C15H23FN2O2. The first-order chi connectivity index (χ1) is 9.40. The van der Waals surface area contributed by atoms with Crippen LogP contribution in [0.2, 0.25) is 0 Å². The fourth-order valence-corrected chi connectivity index (χ4v) is 2.02. The number of carbonyl (C=O) groups is 1. The molecule has 0 aliphatic heterocycles. The Labute approximate surface area is 119 Å². The van der Waals surface area contributed by atoms with E-state index in [0.717, 1.165) is 0 Å². The van der Waals surface area contributed by atoms with Crippen LogP contribution in [0.25, 0.3) is 0 Å². The first-order valence-electron chi connectivity index (χ1n) is 6.91. The molecule has 0 aromatic heterocycles. The summed E-state index contributed by atoms with van der Waals surface area (Å²) in [6, 6.07) is 3.90. The van der Waals surface area contributed by atoms with Crippen LogP contribution in [0, 0.1) is 5.82 Å². The molecule has 0 radical (unpaired) electrons. The number of ether oxygens (including phenoxy) is 1. The number of halogens is 1. The van der Waals surface area contributed by atoms with Gasteiger partial charge in [0.2, 0.25) is 0 Å². The molecule has 5 heteroatoms. The molecule has 0 aliphatic carbocycles. The zero-order chi connectivity index (χ0) is 15.3. The Morgan fingerprint density at radius 3 is 2.45 bits per heavy atom. The minimum Gasteiger partial charge on any atom is -0.480 e. The molecule has 0 aliphatic rings. The average molecular weight is 282 g/mol. The monoisotopic (exact) mass is 282 g/mol. The SMILES string of the molecule is CCN(CC)C(=O)C(C)Oc1cc(F)ccc1C(C)N. The van der Waals surface area contributed by atoms with Gasteiger partial charge in [-0.05, 0) is 33.8 Å². The third kappa shape index (κ3) is 3.93. The van der Waals surface area contributed by atoms with Gasteiger partial charge in [-0.3, -0.25) is 4.79 Å². The third-order valence-corrected chi connectivity index (χ3v) is 3.19. The lowest BCUT2D eigenvalue weighted by Gasteiger charge is -2.24. The van der Waals surface area contributed by atoms with Crippen LogP contribution in [0.5, 0.6) is 5.75 Å². The van der Waals surface area contributed by atoms with E-state index in [1.54, 1.807) is 24.8 Å². The summed E-state index contributed by atoms with van der Waals surface area (Å²) in [5.74, 6) is -0.199. The highest BCUT2D eigenvalue weighted by Gasteiger charge is 2.21. The van der Waals surface area contributed by atoms with Crippen LogP contribution >= 0.6 is 0 Å². The molecule has 1 aromatic carbocycles. The summed E-state index contributed by atoms with van der Waals surface area (Å²) in [5.41, 5.74) is 6.52. The average Bonchev–Trinajstić information content (AvgIpc) is 2.39. The van der Waals surface area contributed by atoms with Crippen LogP contribution in [-0.4, -0.2) is 30.0 Å². The molecule has 20 heavy (non-hydrogen) atoms. The topological polar surface area (TPSA) is 55.6 Å². The molecule has 0 saturated heterocycles. The van der Waals surface area contributed by atoms with Crippen LogP contribution < -0.4 is 10.5 Å². The Kier molecular flexibility index (Phi) is 5.95. The Bertz CT molecular complexity index is 459. The quantitative estimate of drug-likeness (QED) is 0.872. The van der Waals surface area contributed by atoms with E-state index >= 15 is 0 Å². The highest BCUT2D eigenvalue weighted by molar-refractivity contribution is 5.80. The smallest absolute Gasteiger partial charge is 0.263 e. The molecule has 2 N–H and O–H groups in total. The molecule has 0 spiro atoms. The van der Waals surface area contributed by atoms with Gasteiger partial charge in [0.25, 0.3) is 5.91 Å². The molecule has 2 atom stereocenters. The van der Waals surface area contributed by atoms with Gasteiger partial charge in [-0.2, -0.15) is 0 Å². The lowest BCUT2D eigenvalue weighted by Crippen LogP contribution is -2.40. The van der Waals surface area contributed by atoms with Crippen LogP contribution in [0.4, 0.5) is 4.39 Å². The molecule has 0 fully saturated rings. The van der Waals surface area contributed by atoms with E-state index in [1.165, 1.54) is 12.1 Å². The Morgan fingerprint density at radius 2 is 1.95 bits per heavy atom. The lowest BCUT2D eigenvalue weighted by atomic mass is 10.1. The summed E-state index contributed by atoms with van der Waals surface area (Å²) in [7, 11) is 0. The van der Waals surface area contributed by atoms with E-state index in [4.69, 9.17) is 10.5 Å². The number of nitrogens with two attached hydrogens (primary N) is 1. The van der Waals surface area contributed by atoms with E-state index in [-0.39, 0.29) is 11.9 Å². The first kappa shape index (κ1) is 16.4. The lowest BCUT2D eigenvalue weighted by molar-refractivity contribution is -0.137. The van der Waals surface area contributed by atoms with Crippen molar-refractivity contribution in [3.63, 3.8) is 0 Å². The zero-order valence-corrected chi connectivity index (χ0v) is 12.5. The van der Waals surface area contributed by atoms with Crippen molar-refractivity contribution in [2.75, 3.05) is 13.1 Å². The van der Waals surface area contributed by atoms with Gasteiger partial charge in [-0.15, -0.1) is 0 Å². The first-order valence-corrected chi connectivity index (χ1v) is 6.91. The van der Waals surface area contributed by atoms with Gasteiger partial charge in [0.15, 0.2) is 6.10 Å². The number of carbonyl (C=O) groups excluding carboxylic acids is 1. The number of nitrogens with zero attached hydrogens (tertiary/aromatic N) is 1. The minimum absolute atomic E-state index is 0.116. The number of benzene rings is 1. The summed E-state index contributed by atoms with van der Waals surface area (Å²) in [6.07, 6.45) is -0.672. The molecule has 4 nitrogen and oxygen atoms in total. The number of likely N-dealkylation sites (N-methyl/N-ethyl adjacent to an activating group) is 1. The number of hydrogen-bond donors (Lipinski definition) is 1. The van der Waals surface area contributed by atoms with Crippen molar-refractivity contribution in [3.8, 4) is 5.75 Å². The molecule has 0 bridgehead atoms. The fraction of sp³-hybridized carbons (Fsp3) is 0.533.